The highest BCUT2D eigenvalue weighted by Crippen LogP contribution is 2.21. The van der Waals surface area contributed by atoms with Crippen LogP contribution in [0, 0.1) is 22.9 Å². The maximum atomic E-state index is 13.4. The largest absolute Gasteiger partial charge is 0.381 e. The van der Waals surface area contributed by atoms with Crippen LogP contribution in [-0.2, 0) is 6.54 Å². The zero-order valence-electron chi connectivity index (χ0n) is 10.3. The summed E-state index contributed by atoms with van der Waals surface area (Å²) in [4.78, 5) is 13.9. The second-order valence-corrected chi connectivity index (χ2v) is 4.08. The molecule has 1 N–H and O–H groups in total. The number of aryl methyl sites for hydroxylation is 1. The molecule has 1 aromatic heterocycles. The van der Waals surface area contributed by atoms with Crippen LogP contribution < -0.4 is 5.32 Å². The molecule has 19 heavy (non-hydrogen) atoms. The quantitative estimate of drug-likeness (QED) is 0.678. The first-order valence-corrected chi connectivity index (χ1v) is 5.65. The van der Waals surface area contributed by atoms with E-state index in [-0.39, 0.29) is 0 Å². The van der Waals surface area contributed by atoms with Gasteiger partial charge in [0.2, 0.25) is 5.82 Å². The first-order chi connectivity index (χ1) is 9.06. The van der Waals surface area contributed by atoms with Crippen molar-refractivity contribution in [2.45, 2.75) is 13.5 Å². The number of hydrogen-bond donors (Lipinski definition) is 1. The fourth-order valence-corrected chi connectivity index (χ4v) is 1.57. The van der Waals surface area contributed by atoms with Crippen LogP contribution in [0.4, 0.5) is 15.8 Å². The molecule has 0 aliphatic rings. The first-order valence-electron chi connectivity index (χ1n) is 5.65. The molecule has 0 radical (unpaired) electrons. The number of halogens is 1. The predicted octanol–water partition coefficient (Wildman–Crippen LogP) is 3.05. The Morgan fingerprint density at radius 3 is 2.74 bits per heavy atom. The van der Waals surface area contributed by atoms with Crippen LogP contribution in [0.25, 0.3) is 0 Å². The number of benzene rings is 1. The molecule has 0 amide bonds. The molecule has 2 rings (SSSR count). The Hall–Kier alpha value is -2.50. The Morgan fingerprint density at radius 2 is 2.16 bits per heavy atom. The minimum atomic E-state index is -0.850. The van der Waals surface area contributed by atoms with E-state index in [9.17, 15) is 14.5 Å². The highest BCUT2D eigenvalue weighted by molar-refractivity contribution is 5.49. The molecule has 0 aliphatic carbocycles. The minimum absolute atomic E-state index is 0.477. The van der Waals surface area contributed by atoms with E-state index in [1.165, 1.54) is 6.07 Å². The average Bonchev–Trinajstić information content (AvgIpc) is 2.37. The van der Waals surface area contributed by atoms with E-state index in [1.54, 1.807) is 6.20 Å². The topological polar surface area (TPSA) is 68.1 Å². The predicted molar refractivity (Wildman–Crippen MR) is 69.4 cm³/mol. The van der Waals surface area contributed by atoms with Gasteiger partial charge in [0.25, 0.3) is 0 Å². The maximum Gasteiger partial charge on any atom is 0.304 e. The lowest BCUT2D eigenvalue weighted by Gasteiger charge is -2.06. The molecule has 0 atom stereocenters. The van der Waals surface area contributed by atoms with E-state index < -0.39 is 16.4 Å². The molecule has 0 aliphatic heterocycles. The lowest BCUT2D eigenvalue weighted by Crippen LogP contribution is -2.01. The van der Waals surface area contributed by atoms with Crippen molar-refractivity contribution >= 4 is 11.4 Å². The summed E-state index contributed by atoms with van der Waals surface area (Å²) in [6, 6.07) is 7.53. The van der Waals surface area contributed by atoms with E-state index >= 15 is 0 Å². The smallest absolute Gasteiger partial charge is 0.304 e. The molecule has 5 nitrogen and oxygen atoms in total. The lowest BCUT2D eigenvalue weighted by atomic mass is 10.2. The summed E-state index contributed by atoms with van der Waals surface area (Å²) in [6.45, 7) is 2.37. The molecule has 2 aromatic rings. The van der Waals surface area contributed by atoms with Crippen molar-refractivity contribution in [2.75, 3.05) is 5.32 Å². The average molecular weight is 261 g/mol. The van der Waals surface area contributed by atoms with Gasteiger partial charge < -0.3 is 5.32 Å². The van der Waals surface area contributed by atoms with Crippen molar-refractivity contribution in [3.63, 3.8) is 0 Å². The monoisotopic (exact) mass is 261 g/mol. The molecule has 98 valence electrons. The van der Waals surface area contributed by atoms with Gasteiger partial charge in [-0.05, 0) is 24.6 Å². The van der Waals surface area contributed by atoms with Crippen LogP contribution in [0.5, 0.6) is 0 Å². The molecule has 0 fully saturated rings. The Labute approximate surface area is 109 Å². The van der Waals surface area contributed by atoms with Crippen LogP contribution in [0.3, 0.4) is 0 Å². The zero-order chi connectivity index (χ0) is 13.8. The number of hydrogen-bond acceptors (Lipinski definition) is 4. The molecule has 0 spiro atoms. The van der Waals surface area contributed by atoms with E-state index in [0.717, 1.165) is 23.4 Å². The molecule has 1 aromatic carbocycles. The summed E-state index contributed by atoms with van der Waals surface area (Å²) in [6.07, 6.45) is 1.73. The van der Waals surface area contributed by atoms with E-state index in [1.807, 2.05) is 19.1 Å². The van der Waals surface area contributed by atoms with Gasteiger partial charge in [-0.1, -0.05) is 6.07 Å². The molecule has 0 unspecified atom stereocenters. The van der Waals surface area contributed by atoms with Gasteiger partial charge in [-0.25, -0.2) is 0 Å². The standard InChI is InChI=1S/C13H12FN3O2/c1-9-2-3-10(7-15-9)8-16-11-4-5-13(17(18)19)12(14)6-11/h2-7,16H,8H2,1H3. The van der Waals surface area contributed by atoms with Gasteiger partial charge in [-0.2, -0.15) is 4.39 Å². The van der Waals surface area contributed by atoms with E-state index in [4.69, 9.17) is 0 Å². The normalized spacial score (nSPS) is 10.2. The molecular formula is C13H12FN3O2. The summed E-state index contributed by atoms with van der Waals surface area (Å²) in [5.74, 6) is -0.850. The molecule has 6 heteroatoms. The Kier molecular flexibility index (Phi) is 3.70. The van der Waals surface area contributed by atoms with Crippen molar-refractivity contribution in [1.29, 1.82) is 0 Å². The van der Waals surface area contributed by atoms with Gasteiger partial charge in [0.15, 0.2) is 0 Å². The lowest BCUT2D eigenvalue weighted by molar-refractivity contribution is -0.387. The minimum Gasteiger partial charge on any atom is -0.381 e. The van der Waals surface area contributed by atoms with Crippen molar-refractivity contribution in [3.8, 4) is 0 Å². The highest BCUT2D eigenvalue weighted by atomic mass is 19.1. The number of pyridine rings is 1. The number of nitrogens with one attached hydrogen (secondary N) is 1. The van der Waals surface area contributed by atoms with Crippen LogP contribution in [0.1, 0.15) is 11.3 Å². The third kappa shape index (κ3) is 3.25. The molecule has 0 saturated heterocycles. The van der Waals surface area contributed by atoms with Gasteiger partial charge in [0, 0.05) is 36.3 Å². The van der Waals surface area contributed by atoms with Crippen molar-refractivity contribution in [1.82, 2.24) is 4.98 Å². The molecule has 0 bridgehead atoms. The number of rotatable bonds is 4. The Balaban J connectivity index is 2.06. The Morgan fingerprint density at radius 1 is 1.37 bits per heavy atom. The van der Waals surface area contributed by atoms with Crippen molar-refractivity contribution in [3.05, 3.63) is 63.7 Å². The third-order valence-electron chi connectivity index (χ3n) is 2.61. The van der Waals surface area contributed by atoms with Crippen molar-refractivity contribution < 1.29 is 9.31 Å². The summed E-state index contributed by atoms with van der Waals surface area (Å²) < 4.78 is 13.4. The zero-order valence-corrected chi connectivity index (χ0v) is 10.3. The highest BCUT2D eigenvalue weighted by Gasteiger charge is 2.13. The van der Waals surface area contributed by atoms with Gasteiger partial charge in [0.1, 0.15) is 0 Å². The summed E-state index contributed by atoms with van der Waals surface area (Å²) in [5.41, 5.74) is 1.83. The fourth-order valence-electron chi connectivity index (χ4n) is 1.57. The van der Waals surface area contributed by atoms with Crippen LogP contribution in [0.2, 0.25) is 0 Å². The number of anilines is 1. The van der Waals surface area contributed by atoms with Crippen LogP contribution in [0.15, 0.2) is 36.5 Å². The van der Waals surface area contributed by atoms with E-state index in [2.05, 4.69) is 10.3 Å². The van der Waals surface area contributed by atoms with Gasteiger partial charge >= 0.3 is 5.69 Å². The number of nitrogens with zero attached hydrogens (tertiary/aromatic N) is 2. The molecule has 1 heterocycles. The molecule has 0 saturated carbocycles. The molecular weight excluding hydrogens is 249 g/mol. The van der Waals surface area contributed by atoms with Gasteiger partial charge in [-0.15, -0.1) is 0 Å². The number of nitro benzene ring substituents is 1. The number of aromatic nitrogens is 1. The first kappa shape index (κ1) is 12.9. The maximum absolute atomic E-state index is 13.4. The summed E-state index contributed by atoms with van der Waals surface area (Å²) in [5, 5.41) is 13.5. The van der Waals surface area contributed by atoms with Gasteiger partial charge in [0.05, 0.1) is 4.92 Å². The van der Waals surface area contributed by atoms with Crippen molar-refractivity contribution in [2.24, 2.45) is 0 Å². The van der Waals surface area contributed by atoms with E-state index in [0.29, 0.717) is 12.2 Å². The second kappa shape index (κ2) is 5.43. The van der Waals surface area contributed by atoms with Crippen LogP contribution in [-0.4, -0.2) is 9.91 Å². The SMILES string of the molecule is Cc1ccc(CNc2ccc([N+](=O)[O-])c(F)c2)cn1. The number of nitro groups is 1. The Bertz CT molecular complexity index is 599. The third-order valence-corrected chi connectivity index (χ3v) is 2.61. The second-order valence-electron chi connectivity index (χ2n) is 4.08. The summed E-state index contributed by atoms with van der Waals surface area (Å²) >= 11 is 0. The van der Waals surface area contributed by atoms with Crippen LogP contribution >= 0.6 is 0 Å². The fraction of sp³-hybridized carbons (Fsp3) is 0.154. The summed E-state index contributed by atoms with van der Waals surface area (Å²) in [7, 11) is 0. The van der Waals surface area contributed by atoms with Gasteiger partial charge in [-0.3, -0.25) is 15.1 Å².